The van der Waals surface area contributed by atoms with Gasteiger partial charge >= 0.3 is 0 Å². The molecule has 1 aliphatic rings. The molecule has 1 saturated carbocycles. The molecule has 0 heterocycles. The van der Waals surface area contributed by atoms with Gasteiger partial charge in [0.05, 0.1) is 19.8 Å². The van der Waals surface area contributed by atoms with Gasteiger partial charge in [-0.2, -0.15) is 0 Å². The van der Waals surface area contributed by atoms with Crippen molar-refractivity contribution in [3.05, 3.63) is 0 Å². The van der Waals surface area contributed by atoms with E-state index < -0.39 is 5.41 Å². The van der Waals surface area contributed by atoms with Crippen LogP contribution in [0.1, 0.15) is 39.0 Å². The van der Waals surface area contributed by atoms with E-state index in [4.69, 9.17) is 0 Å². The molecule has 0 bridgehead atoms. The van der Waals surface area contributed by atoms with Crippen molar-refractivity contribution in [2.75, 3.05) is 19.8 Å². The van der Waals surface area contributed by atoms with Crippen LogP contribution >= 0.6 is 0 Å². The summed E-state index contributed by atoms with van der Waals surface area (Å²) < 4.78 is 0. The molecular weight excluding hydrogens is 192 g/mol. The lowest BCUT2D eigenvalue weighted by Gasteiger charge is -2.40. The van der Waals surface area contributed by atoms with Gasteiger partial charge in [-0.05, 0) is 24.7 Å². The zero-order valence-electron chi connectivity index (χ0n) is 9.65. The molecule has 0 spiro atoms. The second kappa shape index (κ2) is 5.83. The first-order valence-corrected chi connectivity index (χ1v) is 6.05. The maximum absolute atomic E-state index is 9.33. The standard InChI is InChI=1S/C12H24O3/c1-2-10-3-5-11(6-4-10)12(7-13,8-14)9-15/h10-11,13-15H,2-9H2,1H3. The Morgan fingerprint density at radius 1 is 0.933 bits per heavy atom. The maximum atomic E-state index is 9.33. The Bertz CT molecular complexity index is 161. The fraction of sp³-hybridized carbons (Fsp3) is 1.00. The van der Waals surface area contributed by atoms with Gasteiger partial charge in [0.2, 0.25) is 0 Å². The van der Waals surface area contributed by atoms with Gasteiger partial charge in [0.15, 0.2) is 0 Å². The van der Waals surface area contributed by atoms with Gasteiger partial charge in [0, 0.05) is 5.41 Å². The van der Waals surface area contributed by atoms with Crippen molar-refractivity contribution in [1.29, 1.82) is 0 Å². The highest BCUT2D eigenvalue weighted by Gasteiger charge is 2.39. The second-order valence-electron chi connectivity index (χ2n) is 4.96. The molecule has 0 radical (unpaired) electrons. The van der Waals surface area contributed by atoms with E-state index in [1.54, 1.807) is 0 Å². The summed E-state index contributed by atoms with van der Waals surface area (Å²) in [5.41, 5.74) is -0.654. The van der Waals surface area contributed by atoms with Gasteiger partial charge in [-0.25, -0.2) is 0 Å². The molecule has 0 unspecified atom stereocenters. The molecule has 0 aromatic heterocycles. The molecular formula is C12H24O3. The minimum absolute atomic E-state index is 0.110. The summed E-state index contributed by atoms with van der Waals surface area (Å²) in [7, 11) is 0. The highest BCUT2D eigenvalue weighted by atomic mass is 16.3. The van der Waals surface area contributed by atoms with Gasteiger partial charge < -0.3 is 15.3 Å². The van der Waals surface area contributed by atoms with E-state index in [1.807, 2.05) is 0 Å². The fourth-order valence-electron chi connectivity index (χ4n) is 2.72. The fourth-order valence-corrected chi connectivity index (χ4v) is 2.72. The van der Waals surface area contributed by atoms with Crippen molar-refractivity contribution in [2.45, 2.75) is 39.0 Å². The van der Waals surface area contributed by atoms with Crippen LogP contribution in [0.25, 0.3) is 0 Å². The summed E-state index contributed by atoms with van der Waals surface area (Å²) in [6.45, 7) is 1.88. The first-order chi connectivity index (χ1) is 7.22. The largest absolute Gasteiger partial charge is 0.396 e. The predicted molar refractivity (Wildman–Crippen MR) is 59.4 cm³/mol. The van der Waals surface area contributed by atoms with Crippen molar-refractivity contribution in [1.82, 2.24) is 0 Å². The summed E-state index contributed by atoms with van der Waals surface area (Å²) in [5.74, 6) is 1.08. The third-order valence-electron chi connectivity index (χ3n) is 4.23. The number of rotatable bonds is 5. The summed E-state index contributed by atoms with van der Waals surface area (Å²) >= 11 is 0. The van der Waals surface area contributed by atoms with Gasteiger partial charge in [-0.15, -0.1) is 0 Å². The number of hydrogen-bond donors (Lipinski definition) is 3. The highest BCUT2D eigenvalue weighted by Crippen LogP contribution is 2.40. The Kier molecular flexibility index (Phi) is 5.03. The van der Waals surface area contributed by atoms with Crippen LogP contribution < -0.4 is 0 Å². The molecule has 0 aromatic rings. The zero-order valence-corrected chi connectivity index (χ0v) is 9.65. The van der Waals surface area contributed by atoms with Crippen molar-refractivity contribution in [2.24, 2.45) is 17.3 Å². The lowest BCUT2D eigenvalue weighted by atomic mass is 9.67. The van der Waals surface area contributed by atoms with Crippen LogP contribution in [-0.4, -0.2) is 35.1 Å². The molecule has 0 amide bonds. The van der Waals surface area contributed by atoms with E-state index in [0.717, 1.165) is 18.8 Å². The van der Waals surface area contributed by atoms with Gasteiger partial charge in [-0.3, -0.25) is 0 Å². The Balaban J connectivity index is 2.56. The summed E-state index contributed by atoms with van der Waals surface area (Å²) in [5, 5.41) is 28.0. The average Bonchev–Trinajstić information content (AvgIpc) is 2.33. The molecule has 1 aliphatic carbocycles. The minimum Gasteiger partial charge on any atom is -0.396 e. The number of hydrogen-bond acceptors (Lipinski definition) is 3. The SMILES string of the molecule is CCC1CCC(C(CO)(CO)CO)CC1. The van der Waals surface area contributed by atoms with Crippen molar-refractivity contribution >= 4 is 0 Å². The van der Waals surface area contributed by atoms with E-state index in [-0.39, 0.29) is 25.7 Å². The second-order valence-corrected chi connectivity index (χ2v) is 4.96. The summed E-state index contributed by atoms with van der Waals surface area (Å²) in [6.07, 6.45) is 5.61. The molecule has 0 atom stereocenters. The Labute approximate surface area is 92.1 Å². The average molecular weight is 216 g/mol. The van der Waals surface area contributed by atoms with Crippen LogP contribution in [0.3, 0.4) is 0 Å². The van der Waals surface area contributed by atoms with E-state index in [9.17, 15) is 15.3 Å². The monoisotopic (exact) mass is 216 g/mol. The number of aliphatic hydroxyl groups is 3. The van der Waals surface area contributed by atoms with Crippen LogP contribution in [0.4, 0.5) is 0 Å². The Hall–Kier alpha value is -0.120. The molecule has 1 rings (SSSR count). The zero-order chi connectivity index (χ0) is 11.3. The third kappa shape index (κ3) is 2.71. The molecule has 15 heavy (non-hydrogen) atoms. The molecule has 3 heteroatoms. The number of aliphatic hydroxyl groups excluding tert-OH is 3. The Morgan fingerprint density at radius 2 is 1.40 bits per heavy atom. The summed E-state index contributed by atoms with van der Waals surface area (Å²) in [6, 6.07) is 0. The predicted octanol–water partition coefficient (Wildman–Crippen LogP) is 1.17. The molecule has 3 nitrogen and oxygen atoms in total. The van der Waals surface area contributed by atoms with Crippen LogP contribution in [0.5, 0.6) is 0 Å². The van der Waals surface area contributed by atoms with Gasteiger partial charge in [-0.1, -0.05) is 26.2 Å². The van der Waals surface area contributed by atoms with Crippen molar-refractivity contribution < 1.29 is 15.3 Å². The van der Waals surface area contributed by atoms with Crippen LogP contribution in [0, 0.1) is 17.3 Å². The van der Waals surface area contributed by atoms with E-state index in [0.29, 0.717) is 0 Å². The lowest BCUT2D eigenvalue weighted by Crippen LogP contribution is -2.43. The van der Waals surface area contributed by atoms with Crippen LogP contribution in [0.15, 0.2) is 0 Å². The smallest absolute Gasteiger partial charge is 0.0534 e. The van der Waals surface area contributed by atoms with Crippen molar-refractivity contribution in [3.63, 3.8) is 0 Å². The molecule has 0 aliphatic heterocycles. The topological polar surface area (TPSA) is 60.7 Å². The highest BCUT2D eigenvalue weighted by molar-refractivity contribution is 4.88. The quantitative estimate of drug-likeness (QED) is 0.646. The van der Waals surface area contributed by atoms with E-state index in [1.165, 1.54) is 19.3 Å². The van der Waals surface area contributed by atoms with E-state index >= 15 is 0 Å². The van der Waals surface area contributed by atoms with E-state index in [2.05, 4.69) is 6.92 Å². The molecule has 0 aromatic carbocycles. The molecule has 0 saturated heterocycles. The third-order valence-corrected chi connectivity index (χ3v) is 4.23. The van der Waals surface area contributed by atoms with Gasteiger partial charge in [0.1, 0.15) is 0 Å². The van der Waals surface area contributed by atoms with Crippen LogP contribution in [0.2, 0.25) is 0 Å². The van der Waals surface area contributed by atoms with Gasteiger partial charge in [0.25, 0.3) is 0 Å². The molecule has 90 valence electrons. The summed E-state index contributed by atoms with van der Waals surface area (Å²) in [4.78, 5) is 0. The minimum atomic E-state index is -0.654. The lowest BCUT2D eigenvalue weighted by molar-refractivity contribution is -0.0536. The van der Waals surface area contributed by atoms with Crippen molar-refractivity contribution in [3.8, 4) is 0 Å². The first-order valence-electron chi connectivity index (χ1n) is 6.05. The van der Waals surface area contributed by atoms with Crippen LogP contribution in [-0.2, 0) is 0 Å². The normalized spacial score (nSPS) is 28.0. The Morgan fingerprint density at radius 3 is 1.73 bits per heavy atom. The first kappa shape index (κ1) is 12.9. The molecule has 1 fully saturated rings. The molecule has 3 N–H and O–H groups in total. The maximum Gasteiger partial charge on any atom is 0.0534 e.